The number of hydrogen-bond acceptors (Lipinski definition) is 4. The van der Waals surface area contributed by atoms with Crippen LogP contribution in [0.3, 0.4) is 0 Å². The Bertz CT molecular complexity index is 403. The molecule has 1 aromatic heterocycles. The van der Waals surface area contributed by atoms with E-state index in [1.54, 1.807) is 11.3 Å². The number of nitrogens with zero attached hydrogens (tertiary/aromatic N) is 1. The number of hydrogen-bond donors (Lipinski definition) is 2. The average Bonchev–Trinajstić information content (AvgIpc) is 2.74. The first kappa shape index (κ1) is 16.1. The number of thiophene rings is 1. The fourth-order valence-electron chi connectivity index (χ4n) is 1.86. The third-order valence-electron chi connectivity index (χ3n) is 2.95. The molecule has 1 unspecified atom stereocenters. The van der Waals surface area contributed by atoms with Crippen molar-refractivity contribution in [2.24, 2.45) is 11.7 Å². The molecule has 1 rings (SSSR count). The lowest BCUT2D eigenvalue weighted by atomic mass is 10.2. The van der Waals surface area contributed by atoms with Crippen molar-refractivity contribution in [3.63, 3.8) is 0 Å². The van der Waals surface area contributed by atoms with Gasteiger partial charge in [-0.05, 0) is 32.0 Å². The molecular formula is C14H25N3OS. The van der Waals surface area contributed by atoms with Gasteiger partial charge in [-0.3, -0.25) is 9.69 Å². The summed E-state index contributed by atoms with van der Waals surface area (Å²) >= 11 is 1.74. The lowest BCUT2D eigenvalue weighted by molar-refractivity contribution is -0.122. The van der Waals surface area contributed by atoms with Gasteiger partial charge in [-0.2, -0.15) is 0 Å². The van der Waals surface area contributed by atoms with Gasteiger partial charge in [-0.1, -0.05) is 13.8 Å². The number of nitrogens with one attached hydrogen (secondary N) is 1. The smallest absolute Gasteiger partial charge is 0.234 e. The summed E-state index contributed by atoms with van der Waals surface area (Å²) in [5.74, 6) is 0.530. The van der Waals surface area contributed by atoms with Gasteiger partial charge in [0.25, 0.3) is 0 Å². The van der Waals surface area contributed by atoms with Crippen LogP contribution < -0.4 is 11.1 Å². The Morgan fingerprint density at radius 1 is 1.47 bits per heavy atom. The number of amides is 1. The maximum Gasteiger partial charge on any atom is 0.234 e. The molecule has 19 heavy (non-hydrogen) atoms. The summed E-state index contributed by atoms with van der Waals surface area (Å²) in [6, 6.07) is 4.30. The number of aryl methyl sites for hydroxylation is 1. The second-order valence-corrected chi connectivity index (χ2v) is 6.63. The standard InChI is InChI=1S/C14H25N3OS/c1-10(2)8-16-14(18)9-17(4)12(7-15)13-6-5-11(3)19-13/h5-6,10,12H,7-9,15H2,1-4H3,(H,16,18). The third kappa shape index (κ3) is 5.30. The van der Waals surface area contributed by atoms with Crippen molar-refractivity contribution in [1.82, 2.24) is 10.2 Å². The van der Waals surface area contributed by atoms with E-state index in [1.807, 2.05) is 11.9 Å². The second kappa shape index (κ2) is 7.62. The van der Waals surface area contributed by atoms with Crippen LogP contribution in [-0.4, -0.2) is 37.5 Å². The normalized spacial score (nSPS) is 13.0. The quantitative estimate of drug-likeness (QED) is 0.801. The van der Waals surface area contributed by atoms with Gasteiger partial charge in [-0.25, -0.2) is 0 Å². The molecular weight excluding hydrogens is 258 g/mol. The first-order valence-electron chi connectivity index (χ1n) is 6.67. The van der Waals surface area contributed by atoms with Crippen molar-refractivity contribution in [3.05, 3.63) is 21.9 Å². The highest BCUT2D eigenvalue weighted by molar-refractivity contribution is 7.12. The molecule has 0 aliphatic heterocycles. The highest BCUT2D eigenvalue weighted by Gasteiger charge is 2.19. The van der Waals surface area contributed by atoms with Crippen molar-refractivity contribution in [1.29, 1.82) is 0 Å². The maximum absolute atomic E-state index is 11.8. The van der Waals surface area contributed by atoms with Crippen molar-refractivity contribution in [2.45, 2.75) is 26.8 Å². The highest BCUT2D eigenvalue weighted by Crippen LogP contribution is 2.25. The molecule has 0 bridgehead atoms. The lowest BCUT2D eigenvalue weighted by Crippen LogP contribution is -2.40. The molecule has 0 saturated heterocycles. The molecule has 0 fully saturated rings. The molecule has 0 aliphatic carbocycles. The fraction of sp³-hybridized carbons (Fsp3) is 0.643. The predicted molar refractivity (Wildman–Crippen MR) is 81.3 cm³/mol. The number of carbonyl (C=O) groups is 1. The Kier molecular flexibility index (Phi) is 6.48. The van der Waals surface area contributed by atoms with E-state index in [-0.39, 0.29) is 11.9 Å². The molecule has 1 atom stereocenters. The molecule has 0 aromatic carbocycles. The average molecular weight is 283 g/mol. The molecule has 108 valence electrons. The van der Waals surface area contributed by atoms with E-state index in [0.717, 1.165) is 6.54 Å². The van der Waals surface area contributed by atoms with Gasteiger partial charge in [-0.15, -0.1) is 11.3 Å². The zero-order chi connectivity index (χ0) is 14.4. The van der Waals surface area contributed by atoms with E-state index < -0.39 is 0 Å². The molecule has 0 aliphatic rings. The van der Waals surface area contributed by atoms with Crippen LogP contribution in [0.15, 0.2) is 12.1 Å². The number of rotatable bonds is 7. The fourth-order valence-corrected chi connectivity index (χ4v) is 2.91. The SMILES string of the molecule is Cc1ccc(C(CN)N(C)CC(=O)NCC(C)C)s1. The summed E-state index contributed by atoms with van der Waals surface area (Å²) in [6.07, 6.45) is 0. The third-order valence-corrected chi connectivity index (χ3v) is 4.05. The van der Waals surface area contributed by atoms with Gasteiger partial charge in [0.05, 0.1) is 12.6 Å². The van der Waals surface area contributed by atoms with Crippen LogP contribution in [0.1, 0.15) is 29.6 Å². The minimum absolute atomic E-state index is 0.0583. The number of nitrogens with two attached hydrogens (primary N) is 1. The van der Waals surface area contributed by atoms with Crippen LogP contribution in [-0.2, 0) is 4.79 Å². The van der Waals surface area contributed by atoms with Gasteiger partial charge in [0.15, 0.2) is 0 Å². The molecule has 4 nitrogen and oxygen atoms in total. The summed E-state index contributed by atoms with van der Waals surface area (Å²) in [6.45, 7) is 7.87. The van der Waals surface area contributed by atoms with Crippen LogP contribution in [0.25, 0.3) is 0 Å². The van der Waals surface area contributed by atoms with Crippen molar-refractivity contribution in [3.8, 4) is 0 Å². The predicted octanol–water partition coefficient (Wildman–Crippen LogP) is 1.76. The monoisotopic (exact) mass is 283 g/mol. The van der Waals surface area contributed by atoms with E-state index in [2.05, 4.69) is 38.2 Å². The Balaban J connectivity index is 2.54. The first-order valence-corrected chi connectivity index (χ1v) is 7.49. The second-order valence-electron chi connectivity index (χ2n) is 5.31. The van der Waals surface area contributed by atoms with E-state index in [4.69, 9.17) is 5.73 Å². The largest absolute Gasteiger partial charge is 0.355 e. The molecule has 1 heterocycles. The summed E-state index contributed by atoms with van der Waals surface area (Å²) in [4.78, 5) is 16.3. The Hall–Kier alpha value is -0.910. The maximum atomic E-state index is 11.8. The molecule has 1 amide bonds. The van der Waals surface area contributed by atoms with Crippen molar-refractivity contribution < 1.29 is 4.79 Å². The van der Waals surface area contributed by atoms with E-state index in [9.17, 15) is 4.79 Å². The van der Waals surface area contributed by atoms with Crippen LogP contribution in [0.2, 0.25) is 0 Å². The summed E-state index contributed by atoms with van der Waals surface area (Å²) in [7, 11) is 1.95. The number of carbonyl (C=O) groups excluding carboxylic acids is 1. The van der Waals surface area contributed by atoms with Crippen LogP contribution in [0, 0.1) is 12.8 Å². The van der Waals surface area contributed by atoms with Gasteiger partial charge >= 0.3 is 0 Å². The highest BCUT2D eigenvalue weighted by atomic mass is 32.1. The number of likely N-dealkylation sites (N-methyl/N-ethyl adjacent to an activating group) is 1. The lowest BCUT2D eigenvalue weighted by Gasteiger charge is -2.25. The summed E-state index contributed by atoms with van der Waals surface area (Å²) < 4.78 is 0. The Morgan fingerprint density at radius 3 is 2.63 bits per heavy atom. The van der Waals surface area contributed by atoms with E-state index in [1.165, 1.54) is 9.75 Å². The van der Waals surface area contributed by atoms with Gasteiger partial charge < -0.3 is 11.1 Å². The van der Waals surface area contributed by atoms with Crippen molar-refractivity contribution >= 4 is 17.2 Å². The summed E-state index contributed by atoms with van der Waals surface area (Å²) in [5.41, 5.74) is 5.85. The van der Waals surface area contributed by atoms with Crippen LogP contribution in [0.4, 0.5) is 0 Å². The molecule has 0 saturated carbocycles. The molecule has 5 heteroatoms. The van der Waals surface area contributed by atoms with E-state index in [0.29, 0.717) is 19.0 Å². The van der Waals surface area contributed by atoms with E-state index >= 15 is 0 Å². The molecule has 1 aromatic rings. The van der Waals surface area contributed by atoms with Gasteiger partial charge in [0.2, 0.25) is 5.91 Å². The Morgan fingerprint density at radius 2 is 2.16 bits per heavy atom. The summed E-state index contributed by atoms with van der Waals surface area (Å²) in [5, 5.41) is 2.93. The minimum atomic E-state index is 0.0583. The Labute approximate surface area is 120 Å². The topological polar surface area (TPSA) is 58.4 Å². The zero-order valence-corrected chi connectivity index (χ0v) is 13.1. The van der Waals surface area contributed by atoms with Gasteiger partial charge in [0.1, 0.15) is 0 Å². The van der Waals surface area contributed by atoms with Gasteiger partial charge in [0, 0.05) is 22.8 Å². The van der Waals surface area contributed by atoms with Crippen LogP contribution >= 0.6 is 11.3 Å². The van der Waals surface area contributed by atoms with Crippen LogP contribution in [0.5, 0.6) is 0 Å². The zero-order valence-electron chi connectivity index (χ0n) is 12.3. The first-order chi connectivity index (χ1) is 8.93. The molecule has 0 radical (unpaired) electrons. The minimum Gasteiger partial charge on any atom is -0.355 e. The molecule has 3 N–H and O–H groups in total. The van der Waals surface area contributed by atoms with Crippen molar-refractivity contribution in [2.75, 3.05) is 26.7 Å². The molecule has 0 spiro atoms.